The molecule has 4 rings (SSSR count). The van der Waals surface area contributed by atoms with Crippen molar-refractivity contribution in [2.75, 3.05) is 13.2 Å². The molecule has 1 aromatic heterocycles. The summed E-state index contributed by atoms with van der Waals surface area (Å²) in [5.74, 6) is 0.946. The van der Waals surface area contributed by atoms with E-state index in [2.05, 4.69) is 77.5 Å². The Labute approximate surface area is 178 Å². The standard InChI is InChI=1S/C25H26N2O.ClH/c1-2-9-22-24(28-17-8-16-26-18-19-10-4-3-5-11-19)15-14-21-20-12-6-7-13-23(20)27-25(21)22;/h2-7,10-15,26-27H,1,8-9,16-18H2;1H. The lowest BCUT2D eigenvalue weighted by molar-refractivity contribution is 0.306. The highest BCUT2D eigenvalue weighted by Gasteiger charge is 2.12. The molecule has 0 spiro atoms. The molecule has 150 valence electrons. The van der Waals surface area contributed by atoms with E-state index in [1.54, 1.807) is 0 Å². The van der Waals surface area contributed by atoms with Crippen LogP contribution in [0.25, 0.3) is 21.8 Å². The predicted molar refractivity (Wildman–Crippen MR) is 125 cm³/mol. The van der Waals surface area contributed by atoms with Gasteiger partial charge in [-0.1, -0.05) is 54.6 Å². The average molecular weight is 407 g/mol. The molecule has 4 aromatic rings. The number of rotatable bonds is 9. The smallest absolute Gasteiger partial charge is 0.124 e. The SMILES string of the molecule is C=CCc1c(OCCCNCc2ccccc2)ccc2c1[nH]c1ccccc12.Cl. The number of hydrogen-bond acceptors (Lipinski definition) is 2. The Morgan fingerprint density at radius 3 is 2.55 bits per heavy atom. The molecule has 1 heterocycles. The number of allylic oxidation sites excluding steroid dienone is 1. The predicted octanol–water partition coefficient (Wildman–Crippen LogP) is 6.03. The molecule has 4 heteroatoms. The van der Waals surface area contributed by atoms with Gasteiger partial charge < -0.3 is 15.0 Å². The Hall–Kier alpha value is -2.75. The third-order valence-electron chi connectivity index (χ3n) is 5.02. The summed E-state index contributed by atoms with van der Waals surface area (Å²) < 4.78 is 6.14. The lowest BCUT2D eigenvalue weighted by atomic mass is 10.1. The summed E-state index contributed by atoms with van der Waals surface area (Å²) >= 11 is 0. The monoisotopic (exact) mass is 406 g/mol. The van der Waals surface area contributed by atoms with Gasteiger partial charge in [0.05, 0.1) is 12.1 Å². The number of nitrogens with one attached hydrogen (secondary N) is 2. The van der Waals surface area contributed by atoms with Gasteiger partial charge >= 0.3 is 0 Å². The van der Waals surface area contributed by atoms with Crippen molar-refractivity contribution >= 4 is 34.2 Å². The first-order chi connectivity index (χ1) is 13.9. The minimum Gasteiger partial charge on any atom is -0.493 e. The van der Waals surface area contributed by atoms with E-state index in [4.69, 9.17) is 4.74 Å². The van der Waals surface area contributed by atoms with Crippen molar-refractivity contribution in [2.45, 2.75) is 19.4 Å². The van der Waals surface area contributed by atoms with Gasteiger partial charge in [-0.25, -0.2) is 0 Å². The summed E-state index contributed by atoms with van der Waals surface area (Å²) in [6, 6.07) is 23.1. The molecule has 0 aliphatic rings. The number of aromatic amines is 1. The van der Waals surface area contributed by atoms with Crippen LogP contribution in [0.3, 0.4) is 0 Å². The third kappa shape index (κ3) is 4.81. The van der Waals surface area contributed by atoms with Gasteiger partial charge in [0.25, 0.3) is 0 Å². The quantitative estimate of drug-likeness (QED) is 0.263. The number of para-hydroxylation sites is 1. The second-order valence-corrected chi connectivity index (χ2v) is 6.99. The molecular formula is C25H27ClN2O. The maximum Gasteiger partial charge on any atom is 0.124 e. The highest BCUT2D eigenvalue weighted by atomic mass is 35.5. The maximum absolute atomic E-state index is 6.14. The number of H-pyrrole nitrogens is 1. The second-order valence-electron chi connectivity index (χ2n) is 6.99. The molecule has 0 amide bonds. The number of hydrogen-bond donors (Lipinski definition) is 2. The fourth-order valence-electron chi connectivity index (χ4n) is 3.65. The normalized spacial score (nSPS) is 10.8. The number of aromatic nitrogens is 1. The van der Waals surface area contributed by atoms with Crippen LogP contribution in [0.5, 0.6) is 5.75 Å². The van der Waals surface area contributed by atoms with Crippen LogP contribution < -0.4 is 10.1 Å². The molecule has 0 aliphatic carbocycles. The van der Waals surface area contributed by atoms with Crippen molar-refractivity contribution in [1.82, 2.24) is 10.3 Å². The molecule has 0 fully saturated rings. The second kappa shape index (κ2) is 10.1. The molecule has 0 aliphatic heterocycles. The van der Waals surface area contributed by atoms with Gasteiger partial charge in [-0.3, -0.25) is 0 Å². The van der Waals surface area contributed by atoms with Gasteiger partial charge in [0, 0.05) is 28.4 Å². The van der Waals surface area contributed by atoms with E-state index < -0.39 is 0 Å². The fraction of sp³-hybridized carbons (Fsp3) is 0.200. The van der Waals surface area contributed by atoms with E-state index in [0.29, 0.717) is 6.61 Å². The van der Waals surface area contributed by atoms with E-state index in [9.17, 15) is 0 Å². The largest absolute Gasteiger partial charge is 0.493 e. The molecule has 0 atom stereocenters. The Balaban J connectivity index is 0.00000240. The number of benzene rings is 3. The van der Waals surface area contributed by atoms with Crippen molar-refractivity contribution in [3.8, 4) is 5.75 Å². The van der Waals surface area contributed by atoms with Gasteiger partial charge in [0.2, 0.25) is 0 Å². The first kappa shape index (κ1) is 21.0. The summed E-state index contributed by atoms with van der Waals surface area (Å²) in [5.41, 5.74) is 4.80. The zero-order valence-electron chi connectivity index (χ0n) is 16.5. The van der Waals surface area contributed by atoms with Gasteiger partial charge in [-0.05, 0) is 43.1 Å². The van der Waals surface area contributed by atoms with Crippen LogP contribution >= 0.6 is 12.4 Å². The van der Waals surface area contributed by atoms with Gasteiger partial charge in [-0.2, -0.15) is 0 Å². The Morgan fingerprint density at radius 1 is 0.931 bits per heavy atom. The molecular weight excluding hydrogens is 380 g/mol. The van der Waals surface area contributed by atoms with E-state index in [1.165, 1.54) is 21.9 Å². The molecule has 3 aromatic carbocycles. The molecule has 0 bridgehead atoms. The zero-order valence-corrected chi connectivity index (χ0v) is 17.3. The Morgan fingerprint density at radius 2 is 1.72 bits per heavy atom. The van der Waals surface area contributed by atoms with Crippen LogP contribution in [0.4, 0.5) is 0 Å². The van der Waals surface area contributed by atoms with Crippen molar-refractivity contribution in [1.29, 1.82) is 0 Å². The topological polar surface area (TPSA) is 37.0 Å². The van der Waals surface area contributed by atoms with Crippen LogP contribution in [0, 0.1) is 0 Å². The minimum atomic E-state index is 0. The van der Waals surface area contributed by atoms with Crippen molar-refractivity contribution < 1.29 is 4.74 Å². The van der Waals surface area contributed by atoms with Crippen molar-refractivity contribution in [2.24, 2.45) is 0 Å². The molecule has 0 radical (unpaired) electrons. The third-order valence-corrected chi connectivity index (χ3v) is 5.02. The fourth-order valence-corrected chi connectivity index (χ4v) is 3.65. The summed E-state index contributed by atoms with van der Waals surface area (Å²) in [7, 11) is 0. The van der Waals surface area contributed by atoms with Crippen LogP contribution in [-0.4, -0.2) is 18.1 Å². The molecule has 29 heavy (non-hydrogen) atoms. The van der Waals surface area contributed by atoms with E-state index in [1.807, 2.05) is 12.1 Å². The molecule has 3 nitrogen and oxygen atoms in total. The molecule has 0 saturated carbocycles. The average Bonchev–Trinajstić information content (AvgIpc) is 3.12. The summed E-state index contributed by atoms with van der Waals surface area (Å²) in [4.78, 5) is 3.56. The number of halogens is 1. The van der Waals surface area contributed by atoms with Crippen LogP contribution in [-0.2, 0) is 13.0 Å². The van der Waals surface area contributed by atoms with Gasteiger partial charge in [-0.15, -0.1) is 19.0 Å². The van der Waals surface area contributed by atoms with Gasteiger partial charge in [0.1, 0.15) is 5.75 Å². The summed E-state index contributed by atoms with van der Waals surface area (Å²) in [6.07, 6.45) is 3.69. The summed E-state index contributed by atoms with van der Waals surface area (Å²) in [5, 5.41) is 5.96. The summed E-state index contributed by atoms with van der Waals surface area (Å²) in [6.45, 7) is 6.44. The van der Waals surface area contributed by atoms with Crippen molar-refractivity contribution in [3.63, 3.8) is 0 Å². The van der Waals surface area contributed by atoms with E-state index in [-0.39, 0.29) is 12.4 Å². The first-order valence-corrected chi connectivity index (χ1v) is 9.87. The van der Waals surface area contributed by atoms with Crippen LogP contribution in [0.15, 0.2) is 79.4 Å². The minimum absolute atomic E-state index is 0. The van der Waals surface area contributed by atoms with E-state index >= 15 is 0 Å². The van der Waals surface area contributed by atoms with Crippen LogP contribution in [0.1, 0.15) is 17.5 Å². The Bertz CT molecular complexity index is 1070. The lowest BCUT2D eigenvalue weighted by Gasteiger charge is -2.12. The lowest BCUT2D eigenvalue weighted by Crippen LogP contribution is -2.17. The van der Waals surface area contributed by atoms with Crippen LogP contribution in [0.2, 0.25) is 0 Å². The van der Waals surface area contributed by atoms with Crippen molar-refractivity contribution in [3.05, 3.63) is 90.5 Å². The number of ether oxygens (including phenoxy) is 1. The maximum atomic E-state index is 6.14. The Kier molecular flexibility index (Phi) is 7.34. The van der Waals surface area contributed by atoms with E-state index in [0.717, 1.165) is 42.7 Å². The highest BCUT2D eigenvalue weighted by molar-refractivity contribution is 6.08. The van der Waals surface area contributed by atoms with Gasteiger partial charge in [0.15, 0.2) is 0 Å². The molecule has 2 N–H and O–H groups in total. The molecule has 0 unspecified atom stereocenters. The first-order valence-electron chi connectivity index (χ1n) is 9.87. The zero-order chi connectivity index (χ0) is 19.2. The number of fused-ring (bicyclic) bond motifs is 3. The highest BCUT2D eigenvalue weighted by Crippen LogP contribution is 2.33. The molecule has 0 saturated heterocycles.